The van der Waals surface area contributed by atoms with E-state index in [4.69, 9.17) is 5.73 Å². The molecule has 3 N–H and O–H groups in total. The minimum absolute atomic E-state index is 0.281. The SMILES string of the molecule is CC(=NCN)C(CNC=O)=C(C)C. The first kappa shape index (κ1) is 11.8. The van der Waals surface area contributed by atoms with Crippen molar-refractivity contribution in [3.63, 3.8) is 0 Å². The third-order valence-corrected chi connectivity index (χ3v) is 1.73. The highest BCUT2D eigenvalue weighted by molar-refractivity contribution is 5.99. The van der Waals surface area contributed by atoms with Gasteiger partial charge in [-0.15, -0.1) is 0 Å². The van der Waals surface area contributed by atoms with Crippen LogP contribution in [-0.2, 0) is 4.79 Å². The lowest BCUT2D eigenvalue weighted by atomic mass is 10.1. The van der Waals surface area contributed by atoms with Gasteiger partial charge in [-0.25, -0.2) is 0 Å². The molecule has 4 nitrogen and oxygen atoms in total. The minimum atomic E-state index is 0.281. The summed E-state index contributed by atoms with van der Waals surface area (Å²) in [5, 5.41) is 2.61. The maximum Gasteiger partial charge on any atom is 0.207 e. The summed E-state index contributed by atoms with van der Waals surface area (Å²) in [6.45, 7) is 6.65. The number of carbonyl (C=O) groups is 1. The summed E-state index contributed by atoms with van der Waals surface area (Å²) < 4.78 is 0. The predicted octanol–water partition coefficient (Wildman–Crippen LogP) is 0.446. The molecule has 0 bridgehead atoms. The number of nitrogens with one attached hydrogen (secondary N) is 1. The van der Waals surface area contributed by atoms with Crippen molar-refractivity contribution in [2.75, 3.05) is 13.2 Å². The molecule has 13 heavy (non-hydrogen) atoms. The van der Waals surface area contributed by atoms with Gasteiger partial charge in [0.05, 0.1) is 6.67 Å². The van der Waals surface area contributed by atoms with Crippen LogP contribution in [0.5, 0.6) is 0 Å². The number of amides is 1. The smallest absolute Gasteiger partial charge is 0.207 e. The van der Waals surface area contributed by atoms with Crippen LogP contribution in [0.1, 0.15) is 20.8 Å². The van der Waals surface area contributed by atoms with Gasteiger partial charge in [0, 0.05) is 12.3 Å². The van der Waals surface area contributed by atoms with E-state index in [0.29, 0.717) is 13.0 Å². The van der Waals surface area contributed by atoms with Crippen LogP contribution >= 0.6 is 0 Å². The fourth-order valence-electron chi connectivity index (χ4n) is 1.04. The lowest BCUT2D eigenvalue weighted by Gasteiger charge is -2.08. The molecule has 0 spiro atoms. The van der Waals surface area contributed by atoms with E-state index in [9.17, 15) is 4.79 Å². The van der Waals surface area contributed by atoms with Gasteiger partial charge in [0.2, 0.25) is 6.41 Å². The Balaban J connectivity index is 4.53. The van der Waals surface area contributed by atoms with Crippen molar-refractivity contribution in [2.24, 2.45) is 10.7 Å². The summed E-state index contributed by atoms with van der Waals surface area (Å²) in [5.74, 6) is 0. The Bertz CT molecular complexity index is 227. The number of nitrogens with zero attached hydrogens (tertiary/aromatic N) is 1. The molecule has 0 unspecified atom stereocenters. The van der Waals surface area contributed by atoms with Gasteiger partial charge in [0.15, 0.2) is 0 Å². The highest BCUT2D eigenvalue weighted by Gasteiger charge is 2.02. The minimum Gasteiger partial charge on any atom is -0.355 e. The molecular formula is C9H17N3O. The fourth-order valence-corrected chi connectivity index (χ4v) is 1.04. The molecule has 0 aromatic rings. The van der Waals surface area contributed by atoms with Gasteiger partial charge in [0.1, 0.15) is 0 Å². The Morgan fingerprint density at radius 1 is 1.46 bits per heavy atom. The number of nitrogens with two attached hydrogens (primary N) is 1. The number of allylic oxidation sites excluding steroid dienone is 1. The van der Waals surface area contributed by atoms with Gasteiger partial charge in [-0.3, -0.25) is 9.79 Å². The Hall–Kier alpha value is -1.16. The van der Waals surface area contributed by atoms with Gasteiger partial charge >= 0.3 is 0 Å². The van der Waals surface area contributed by atoms with E-state index < -0.39 is 0 Å². The van der Waals surface area contributed by atoms with E-state index in [-0.39, 0.29) is 6.67 Å². The van der Waals surface area contributed by atoms with Crippen molar-refractivity contribution in [1.82, 2.24) is 5.32 Å². The van der Waals surface area contributed by atoms with Crippen LogP contribution in [0.2, 0.25) is 0 Å². The quantitative estimate of drug-likeness (QED) is 0.480. The topological polar surface area (TPSA) is 67.5 Å². The molecule has 0 heterocycles. The van der Waals surface area contributed by atoms with Crippen molar-refractivity contribution < 1.29 is 4.79 Å². The summed E-state index contributed by atoms with van der Waals surface area (Å²) >= 11 is 0. The molecule has 0 saturated heterocycles. The van der Waals surface area contributed by atoms with E-state index in [1.54, 1.807) is 0 Å². The lowest BCUT2D eigenvalue weighted by Crippen LogP contribution is -2.19. The average Bonchev–Trinajstić information content (AvgIpc) is 2.05. The normalized spacial score (nSPS) is 10.9. The monoisotopic (exact) mass is 183 g/mol. The van der Waals surface area contributed by atoms with Crippen molar-refractivity contribution in [3.05, 3.63) is 11.1 Å². The van der Waals surface area contributed by atoms with Crippen molar-refractivity contribution in [3.8, 4) is 0 Å². The first-order valence-corrected chi connectivity index (χ1v) is 4.18. The molecule has 1 amide bonds. The van der Waals surface area contributed by atoms with Crippen molar-refractivity contribution in [2.45, 2.75) is 20.8 Å². The molecule has 0 aliphatic carbocycles. The van der Waals surface area contributed by atoms with Crippen LogP contribution in [0.3, 0.4) is 0 Å². The van der Waals surface area contributed by atoms with Gasteiger partial charge in [-0.1, -0.05) is 5.57 Å². The van der Waals surface area contributed by atoms with E-state index in [1.165, 1.54) is 0 Å². The van der Waals surface area contributed by atoms with Crippen LogP contribution in [0, 0.1) is 0 Å². The zero-order valence-corrected chi connectivity index (χ0v) is 8.42. The van der Waals surface area contributed by atoms with E-state index >= 15 is 0 Å². The molecule has 0 saturated carbocycles. The molecule has 0 atom stereocenters. The Morgan fingerprint density at radius 2 is 2.08 bits per heavy atom. The van der Waals surface area contributed by atoms with Crippen molar-refractivity contribution >= 4 is 12.1 Å². The number of rotatable bonds is 5. The third-order valence-electron chi connectivity index (χ3n) is 1.73. The number of aliphatic imine (C=N–C) groups is 1. The second-order valence-corrected chi connectivity index (χ2v) is 2.90. The van der Waals surface area contributed by atoms with Crippen LogP contribution in [-0.4, -0.2) is 25.3 Å². The van der Waals surface area contributed by atoms with Crippen molar-refractivity contribution in [1.29, 1.82) is 0 Å². The second-order valence-electron chi connectivity index (χ2n) is 2.90. The standard InChI is InChI=1S/C9H17N3O/c1-7(2)9(4-11-6-13)8(3)12-5-10/h6H,4-5,10H2,1-3H3,(H,11,13). The highest BCUT2D eigenvalue weighted by Crippen LogP contribution is 2.04. The van der Waals surface area contributed by atoms with Crippen LogP contribution in [0.4, 0.5) is 0 Å². The van der Waals surface area contributed by atoms with Gasteiger partial charge < -0.3 is 11.1 Å². The highest BCUT2D eigenvalue weighted by atomic mass is 16.1. The Morgan fingerprint density at radius 3 is 2.46 bits per heavy atom. The zero-order chi connectivity index (χ0) is 10.3. The van der Waals surface area contributed by atoms with Gasteiger partial charge in [-0.2, -0.15) is 0 Å². The maximum absolute atomic E-state index is 10.1. The summed E-state index contributed by atoms with van der Waals surface area (Å²) in [7, 11) is 0. The van der Waals surface area contributed by atoms with Crippen LogP contribution in [0.25, 0.3) is 0 Å². The van der Waals surface area contributed by atoms with Gasteiger partial charge in [0.25, 0.3) is 0 Å². The van der Waals surface area contributed by atoms with E-state index in [0.717, 1.165) is 16.9 Å². The second kappa shape index (κ2) is 6.37. The fraction of sp³-hybridized carbons (Fsp3) is 0.556. The largest absolute Gasteiger partial charge is 0.355 e. The molecule has 0 radical (unpaired) electrons. The molecule has 74 valence electrons. The summed E-state index contributed by atoms with van der Waals surface area (Å²) in [4.78, 5) is 14.2. The summed E-state index contributed by atoms with van der Waals surface area (Å²) in [6, 6.07) is 0. The molecule has 0 aromatic heterocycles. The van der Waals surface area contributed by atoms with E-state index in [2.05, 4.69) is 10.3 Å². The number of hydrogen-bond donors (Lipinski definition) is 2. The Labute approximate surface area is 78.9 Å². The first-order valence-electron chi connectivity index (χ1n) is 4.18. The molecular weight excluding hydrogens is 166 g/mol. The summed E-state index contributed by atoms with van der Waals surface area (Å²) in [5.41, 5.74) is 8.36. The maximum atomic E-state index is 10.1. The molecule has 0 aromatic carbocycles. The van der Waals surface area contributed by atoms with Crippen LogP contribution in [0.15, 0.2) is 16.1 Å². The summed E-state index contributed by atoms with van der Waals surface area (Å²) in [6.07, 6.45) is 0.679. The predicted molar refractivity (Wildman–Crippen MR) is 54.6 cm³/mol. The molecule has 0 aliphatic heterocycles. The van der Waals surface area contributed by atoms with E-state index in [1.807, 2.05) is 20.8 Å². The number of carbonyl (C=O) groups excluding carboxylic acids is 1. The number of hydrogen-bond acceptors (Lipinski definition) is 3. The molecule has 0 rings (SSSR count). The molecule has 0 fully saturated rings. The molecule has 0 aliphatic rings. The average molecular weight is 183 g/mol. The van der Waals surface area contributed by atoms with Crippen LogP contribution < -0.4 is 11.1 Å². The van der Waals surface area contributed by atoms with Gasteiger partial charge in [-0.05, 0) is 26.3 Å². The molecule has 4 heteroatoms. The lowest BCUT2D eigenvalue weighted by molar-refractivity contribution is -0.109. The third kappa shape index (κ3) is 4.42. The first-order chi connectivity index (χ1) is 6.13. The Kier molecular flexibility index (Phi) is 5.80. The zero-order valence-electron chi connectivity index (χ0n) is 8.42.